The van der Waals surface area contributed by atoms with Gasteiger partial charge in [-0.15, -0.1) is 0 Å². The molecule has 1 N–H and O–H groups in total. The number of rotatable bonds is 4. The SMILES string of the molecule is COc1ccc(C(F)(F)F)cc1-c1ccc(C(=O)O)c([N+](=O)[O-])c1. The lowest BCUT2D eigenvalue weighted by atomic mass is 9.99. The van der Waals surface area contributed by atoms with Gasteiger partial charge in [0.15, 0.2) is 0 Å². The topological polar surface area (TPSA) is 89.7 Å². The molecule has 6 nitrogen and oxygen atoms in total. The number of methoxy groups -OCH3 is 1. The Labute approximate surface area is 133 Å². The van der Waals surface area contributed by atoms with Crippen molar-refractivity contribution in [3.63, 3.8) is 0 Å². The van der Waals surface area contributed by atoms with Crippen LogP contribution in [0.2, 0.25) is 0 Å². The van der Waals surface area contributed by atoms with Crippen LogP contribution in [0.1, 0.15) is 15.9 Å². The van der Waals surface area contributed by atoms with Crippen LogP contribution in [-0.4, -0.2) is 23.1 Å². The molecule has 0 fully saturated rings. The van der Waals surface area contributed by atoms with Crippen LogP contribution in [0.15, 0.2) is 36.4 Å². The van der Waals surface area contributed by atoms with E-state index in [1.54, 1.807) is 0 Å². The van der Waals surface area contributed by atoms with E-state index in [0.29, 0.717) is 0 Å². The van der Waals surface area contributed by atoms with E-state index in [2.05, 4.69) is 0 Å². The van der Waals surface area contributed by atoms with Crippen LogP contribution < -0.4 is 4.74 Å². The molecule has 0 amide bonds. The summed E-state index contributed by atoms with van der Waals surface area (Å²) in [7, 11) is 1.24. The molecule has 0 bridgehead atoms. The number of nitrogens with zero attached hydrogens (tertiary/aromatic N) is 1. The third-order valence-corrected chi connectivity index (χ3v) is 3.26. The Morgan fingerprint density at radius 3 is 2.38 bits per heavy atom. The standard InChI is InChI=1S/C15H10F3NO5/c1-24-13-5-3-9(15(16,17)18)7-11(13)8-2-4-10(14(20)21)12(6-8)19(22)23/h2-7H,1H3,(H,20,21). The van der Waals surface area contributed by atoms with Crippen molar-refractivity contribution in [3.8, 4) is 16.9 Å². The number of alkyl halides is 3. The Kier molecular flexibility index (Phi) is 4.45. The van der Waals surface area contributed by atoms with Crippen LogP contribution in [0.3, 0.4) is 0 Å². The molecule has 0 atom stereocenters. The first-order valence-corrected chi connectivity index (χ1v) is 6.42. The molecule has 0 saturated heterocycles. The van der Waals surface area contributed by atoms with Crippen molar-refractivity contribution in [1.82, 2.24) is 0 Å². The molecule has 0 aromatic heterocycles. The lowest BCUT2D eigenvalue weighted by Gasteiger charge is -2.13. The molecule has 0 unspecified atom stereocenters. The summed E-state index contributed by atoms with van der Waals surface area (Å²) in [6.07, 6.45) is -4.60. The molecule has 0 aliphatic carbocycles. The number of halogens is 3. The number of carbonyl (C=O) groups is 1. The number of hydrogen-bond acceptors (Lipinski definition) is 4. The Bertz CT molecular complexity index is 817. The highest BCUT2D eigenvalue weighted by atomic mass is 19.4. The molecule has 24 heavy (non-hydrogen) atoms. The molecule has 0 radical (unpaired) electrons. The molecule has 2 aromatic rings. The van der Waals surface area contributed by atoms with E-state index in [0.717, 1.165) is 30.3 Å². The van der Waals surface area contributed by atoms with Crippen molar-refractivity contribution >= 4 is 11.7 Å². The molecule has 0 aliphatic heterocycles. The number of nitro benzene ring substituents is 1. The van der Waals surface area contributed by atoms with E-state index in [9.17, 15) is 28.1 Å². The summed E-state index contributed by atoms with van der Waals surface area (Å²) >= 11 is 0. The minimum atomic E-state index is -4.60. The average molecular weight is 341 g/mol. The Hall–Kier alpha value is -3.10. The van der Waals surface area contributed by atoms with E-state index >= 15 is 0 Å². The van der Waals surface area contributed by atoms with Crippen molar-refractivity contribution in [2.24, 2.45) is 0 Å². The van der Waals surface area contributed by atoms with Gasteiger partial charge in [-0.25, -0.2) is 4.79 Å². The molecular formula is C15H10F3NO5. The quantitative estimate of drug-likeness (QED) is 0.671. The lowest BCUT2D eigenvalue weighted by molar-refractivity contribution is -0.385. The van der Waals surface area contributed by atoms with Crippen LogP contribution in [0.5, 0.6) is 5.75 Å². The Morgan fingerprint density at radius 2 is 1.88 bits per heavy atom. The number of nitro groups is 1. The average Bonchev–Trinajstić information content (AvgIpc) is 2.52. The zero-order valence-corrected chi connectivity index (χ0v) is 12.1. The number of aromatic carboxylic acids is 1. The smallest absolute Gasteiger partial charge is 0.416 e. The Morgan fingerprint density at radius 1 is 1.21 bits per heavy atom. The van der Waals surface area contributed by atoms with Crippen molar-refractivity contribution in [2.75, 3.05) is 7.11 Å². The van der Waals surface area contributed by atoms with Gasteiger partial charge in [0.2, 0.25) is 0 Å². The summed E-state index contributed by atoms with van der Waals surface area (Å²) in [5.41, 5.74) is -2.24. The predicted octanol–water partition coefficient (Wildman–Crippen LogP) is 3.99. The molecule has 0 heterocycles. The normalized spacial score (nSPS) is 11.2. The molecule has 9 heteroatoms. The van der Waals surface area contributed by atoms with Gasteiger partial charge >= 0.3 is 12.1 Å². The first kappa shape index (κ1) is 17.3. The van der Waals surface area contributed by atoms with Gasteiger partial charge in [-0.2, -0.15) is 13.2 Å². The number of benzene rings is 2. The summed E-state index contributed by atoms with van der Waals surface area (Å²) < 4.78 is 43.6. The van der Waals surface area contributed by atoms with Gasteiger partial charge in [0.1, 0.15) is 11.3 Å². The van der Waals surface area contributed by atoms with Gasteiger partial charge in [0, 0.05) is 11.6 Å². The van der Waals surface area contributed by atoms with Gasteiger partial charge < -0.3 is 9.84 Å². The summed E-state index contributed by atoms with van der Waals surface area (Å²) in [5, 5.41) is 20.0. The molecule has 126 valence electrons. The van der Waals surface area contributed by atoms with Crippen molar-refractivity contribution in [1.29, 1.82) is 0 Å². The van der Waals surface area contributed by atoms with Crippen LogP contribution in [0, 0.1) is 10.1 Å². The van der Waals surface area contributed by atoms with E-state index in [1.807, 2.05) is 0 Å². The van der Waals surface area contributed by atoms with E-state index in [1.165, 1.54) is 13.2 Å². The summed E-state index contributed by atoms with van der Waals surface area (Å²) in [6, 6.07) is 5.77. The molecular weight excluding hydrogens is 331 g/mol. The van der Waals surface area contributed by atoms with Gasteiger partial charge in [0.25, 0.3) is 5.69 Å². The van der Waals surface area contributed by atoms with E-state index < -0.39 is 33.9 Å². The van der Waals surface area contributed by atoms with Crippen LogP contribution in [-0.2, 0) is 6.18 Å². The van der Waals surface area contributed by atoms with Crippen molar-refractivity contribution in [3.05, 3.63) is 57.6 Å². The summed E-state index contributed by atoms with van der Waals surface area (Å²) in [5.74, 6) is -1.44. The van der Waals surface area contributed by atoms with E-state index in [4.69, 9.17) is 9.84 Å². The van der Waals surface area contributed by atoms with Gasteiger partial charge in [-0.1, -0.05) is 6.07 Å². The van der Waals surface area contributed by atoms with Crippen LogP contribution >= 0.6 is 0 Å². The zero-order chi connectivity index (χ0) is 18.1. The molecule has 0 spiro atoms. The van der Waals surface area contributed by atoms with Gasteiger partial charge in [-0.3, -0.25) is 10.1 Å². The first-order chi connectivity index (χ1) is 11.1. The maximum Gasteiger partial charge on any atom is 0.416 e. The predicted molar refractivity (Wildman–Crippen MR) is 77.0 cm³/mol. The third-order valence-electron chi connectivity index (χ3n) is 3.26. The van der Waals surface area contributed by atoms with E-state index in [-0.39, 0.29) is 16.9 Å². The third kappa shape index (κ3) is 3.29. The van der Waals surface area contributed by atoms with Gasteiger partial charge in [-0.05, 0) is 29.8 Å². The minimum Gasteiger partial charge on any atom is -0.496 e. The molecule has 2 aromatic carbocycles. The number of carboxylic acids is 1. The highest BCUT2D eigenvalue weighted by Crippen LogP contribution is 2.38. The van der Waals surface area contributed by atoms with Crippen molar-refractivity contribution in [2.45, 2.75) is 6.18 Å². The monoisotopic (exact) mass is 341 g/mol. The van der Waals surface area contributed by atoms with Crippen molar-refractivity contribution < 1.29 is 32.7 Å². The number of carboxylic acid groups (broad SMARTS) is 1. The van der Waals surface area contributed by atoms with Gasteiger partial charge in [0.05, 0.1) is 17.6 Å². The maximum absolute atomic E-state index is 12.9. The summed E-state index contributed by atoms with van der Waals surface area (Å²) in [4.78, 5) is 21.1. The number of ether oxygens (including phenoxy) is 1. The second-order valence-corrected chi connectivity index (χ2v) is 4.71. The molecule has 2 rings (SSSR count). The highest BCUT2D eigenvalue weighted by Gasteiger charge is 2.31. The molecule has 0 aliphatic rings. The zero-order valence-electron chi connectivity index (χ0n) is 12.1. The lowest BCUT2D eigenvalue weighted by Crippen LogP contribution is -2.06. The fraction of sp³-hybridized carbons (Fsp3) is 0.133. The summed E-state index contributed by atoms with van der Waals surface area (Å²) in [6.45, 7) is 0. The minimum absolute atomic E-state index is 0.0348. The fourth-order valence-corrected chi connectivity index (χ4v) is 2.14. The first-order valence-electron chi connectivity index (χ1n) is 6.42. The second kappa shape index (κ2) is 6.19. The van der Waals surface area contributed by atoms with Crippen LogP contribution in [0.25, 0.3) is 11.1 Å². The second-order valence-electron chi connectivity index (χ2n) is 4.71. The highest BCUT2D eigenvalue weighted by molar-refractivity contribution is 5.93. The largest absolute Gasteiger partial charge is 0.496 e. The number of hydrogen-bond donors (Lipinski definition) is 1. The fourth-order valence-electron chi connectivity index (χ4n) is 2.14. The molecule has 0 saturated carbocycles. The maximum atomic E-state index is 12.9. The van der Waals surface area contributed by atoms with Crippen LogP contribution in [0.4, 0.5) is 18.9 Å². The Balaban J connectivity index is 2.69.